The molecule has 146 valence electrons. The number of halogens is 3. The minimum atomic E-state index is -0.825. The molecule has 0 aliphatic carbocycles. The molecule has 8 heteroatoms. The Bertz CT molecular complexity index is 1180. The van der Waals surface area contributed by atoms with Crippen LogP contribution in [-0.2, 0) is 0 Å². The summed E-state index contributed by atoms with van der Waals surface area (Å²) in [6, 6.07) is 13.8. The highest BCUT2D eigenvalue weighted by Gasteiger charge is 2.20. The van der Waals surface area contributed by atoms with Gasteiger partial charge in [-0.3, -0.25) is 9.78 Å². The molecule has 5 nitrogen and oxygen atoms in total. The number of nitrogen functional groups attached to an aromatic ring is 1. The predicted molar refractivity (Wildman–Crippen MR) is 108 cm³/mol. The molecule has 4 rings (SSSR count). The highest BCUT2D eigenvalue weighted by molar-refractivity contribution is 6.12. The molecule has 0 aliphatic heterocycles. The zero-order valence-electron chi connectivity index (χ0n) is 14.9. The third-order valence-electron chi connectivity index (χ3n) is 4.33. The van der Waals surface area contributed by atoms with Crippen molar-refractivity contribution in [2.75, 3.05) is 5.73 Å². The van der Waals surface area contributed by atoms with Crippen molar-refractivity contribution in [2.24, 2.45) is 0 Å². The Hall–Kier alpha value is -3.58. The SMILES string of the molecule is Cl.Nc1c(C(=O)c2cccc(-c3ccncc3)c2)cnn1-c1ccc(F)cc1F. The average molecular weight is 413 g/mol. The molecule has 0 saturated carbocycles. The second-order valence-corrected chi connectivity index (χ2v) is 6.10. The van der Waals surface area contributed by atoms with Crippen molar-refractivity contribution < 1.29 is 13.6 Å². The molecule has 0 atom stereocenters. The van der Waals surface area contributed by atoms with Crippen LogP contribution in [0.3, 0.4) is 0 Å². The van der Waals surface area contributed by atoms with E-state index in [0.29, 0.717) is 5.56 Å². The molecule has 2 aromatic carbocycles. The van der Waals surface area contributed by atoms with Crippen molar-refractivity contribution in [2.45, 2.75) is 0 Å². The number of carbonyl (C=O) groups is 1. The van der Waals surface area contributed by atoms with Crippen LogP contribution in [0.15, 0.2) is 73.2 Å². The van der Waals surface area contributed by atoms with E-state index >= 15 is 0 Å². The molecule has 2 N–H and O–H groups in total. The van der Waals surface area contributed by atoms with Gasteiger partial charge < -0.3 is 5.73 Å². The average Bonchev–Trinajstić information content (AvgIpc) is 3.09. The molecule has 0 unspecified atom stereocenters. The topological polar surface area (TPSA) is 73.8 Å². The van der Waals surface area contributed by atoms with Gasteiger partial charge in [0.25, 0.3) is 0 Å². The molecule has 4 aromatic rings. The van der Waals surface area contributed by atoms with Gasteiger partial charge >= 0.3 is 0 Å². The van der Waals surface area contributed by atoms with E-state index in [-0.39, 0.29) is 35.3 Å². The Kier molecular flexibility index (Phi) is 5.70. The summed E-state index contributed by atoms with van der Waals surface area (Å²) in [5, 5.41) is 4.00. The lowest BCUT2D eigenvalue weighted by atomic mass is 10.00. The van der Waals surface area contributed by atoms with Gasteiger partial charge in [-0.2, -0.15) is 5.10 Å². The molecule has 0 spiro atoms. The maximum atomic E-state index is 14.0. The first-order valence-electron chi connectivity index (χ1n) is 8.38. The van der Waals surface area contributed by atoms with Crippen molar-refractivity contribution >= 4 is 24.0 Å². The van der Waals surface area contributed by atoms with Crippen molar-refractivity contribution in [3.05, 3.63) is 95.9 Å². The fraction of sp³-hybridized carbons (Fsp3) is 0. The van der Waals surface area contributed by atoms with Gasteiger partial charge in [0.2, 0.25) is 0 Å². The van der Waals surface area contributed by atoms with Gasteiger partial charge in [0.05, 0.1) is 11.8 Å². The van der Waals surface area contributed by atoms with Gasteiger partial charge in [0, 0.05) is 24.0 Å². The maximum absolute atomic E-state index is 14.0. The quantitative estimate of drug-likeness (QED) is 0.503. The van der Waals surface area contributed by atoms with Gasteiger partial charge in [0.15, 0.2) is 11.6 Å². The first-order valence-corrected chi connectivity index (χ1v) is 8.38. The van der Waals surface area contributed by atoms with E-state index in [9.17, 15) is 13.6 Å². The molecular weight excluding hydrogens is 398 g/mol. The molecular formula is C21H15ClF2N4O. The largest absolute Gasteiger partial charge is 0.383 e. The highest BCUT2D eigenvalue weighted by Crippen LogP contribution is 2.25. The standard InChI is InChI=1S/C21H14F2N4O.ClH/c22-16-4-5-19(18(23)11-16)27-21(24)17(12-26-27)20(28)15-3-1-2-14(10-15)13-6-8-25-9-7-13;/h1-12H,24H2;1H. The van der Waals surface area contributed by atoms with Crippen LogP contribution in [0.25, 0.3) is 16.8 Å². The van der Waals surface area contributed by atoms with Crippen molar-refractivity contribution in [1.82, 2.24) is 14.8 Å². The van der Waals surface area contributed by atoms with E-state index in [0.717, 1.165) is 27.9 Å². The number of rotatable bonds is 4. The minimum absolute atomic E-state index is 0. The van der Waals surface area contributed by atoms with Crippen LogP contribution < -0.4 is 5.73 Å². The van der Waals surface area contributed by atoms with Crippen LogP contribution in [0.5, 0.6) is 0 Å². The third-order valence-corrected chi connectivity index (χ3v) is 4.33. The van der Waals surface area contributed by atoms with Crippen LogP contribution in [-0.4, -0.2) is 20.5 Å². The Balaban J connectivity index is 0.00000240. The molecule has 29 heavy (non-hydrogen) atoms. The third kappa shape index (κ3) is 3.86. The van der Waals surface area contributed by atoms with Crippen LogP contribution >= 0.6 is 12.4 Å². The lowest BCUT2D eigenvalue weighted by molar-refractivity contribution is 0.103. The van der Waals surface area contributed by atoms with Crippen molar-refractivity contribution in [1.29, 1.82) is 0 Å². The molecule has 2 heterocycles. The van der Waals surface area contributed by atoms with Gasteiger partial charge in [-0.15, -0.1) is 12.4 Å². The van der Waals surface area contributed by atoms with Crippen LogP contribution in [0, 0.1) is 11.6 Å². The Morgan fingerprint density at radius 1 is 0.966 bits per heavy atom. The normalized spacial score (nSPS) is 10.4. The summed E-state index contributed by atoms with van der Waals surface area (Å²) in [5.41, 5.74) is 8.32. The molecule has 0 aliphatic rings. The van der Waals surface area contributed by atoms with E-state index in [4.69, 9.17) is 5.73 Å². The molecule has 0 bridgehead atoms. The number of benzene rings is 2. The lowest BCUT2D eigenvalue weighted by Gasteiger charge is -2.07. The van der Waals surface area contributed by atoms with Crippen LogP contribution in [0.1, 0.15) is 15.9 Å². The zero-order chi connectivity index (χ0) is 19.7. The predicted octanol–water partition coefficient (Wildman–Crippen LogP) is 4.45. The summed E-state index contributed by atoms with van der Waals surface area (Å²) in [7, 11) is 0. The first kappa shape index (κ1) is 20.2. The number of nitrogens with two attached hydrogens (primary N) is 1. The van der Waals surface area contributed by atoms with Gasteiger partial charge in [-0.1, -0.05) is 18.2 Å². The van der Waals surface area contributed by atoms with Crippen LogP contribution in [0.2, 0.25) is 0 Å². The highest BCUT2D eigenvalue weighted by atomic mass is 35.5. The molecule has 0 fully saturated rings. The Morgan fingerprint density at radius 3 is 2.45 bits per heavy atom. The fourth-order valence-electron chi connectivity index (χ4n) is 2.92. The number of pyridine rings is 1. The number of hydrogen-bond acceptors (Lipinski definition) is 4. The van der Waals surface area contributed by atoms with E-state index in [1.54, 1.807) is 30.6 Å². The second-order valence-electron chi connectivity index (χ2n) is 6.10. The van der Waals surface area contributed by atoms with E-state index in [1.807, 2.05) is 18.2 Å². The smallest absolute Gasteiger partial charge is 0.198 e. The molecule has 0 saturated heterocycles. The summed E-state index contributed by atoms with van der Waals surface area (Å²) in [5.74, 6) is -1.91. The summed E-state index contributed by atoms with van der Waals surface area (Å²) in [4.78, 5) is 16.9. The summed E-state index contributed by atoms with van der Waals surface area (Å²) < 4.78 is 28.3. The van der Waals surface area contributed by atoms with Crippen molar-refractivity contribution in [3.63, 3.8) is 0 Å². The summed E-state index contributed by atoms with van der Waals surface area (Å²) >= 11 is 0. The minimum Gasteiger partial charge on any atom is -0.383 e. The zero-order valence-corrected chi connectivity index (χ0v) is 15.7. The molecule has 0 amide bonds. The number of anilines is 1. The number of carbonyl (C=O) groups excluding carboxylic acids is 1. The number of nitrogens with zero attached hydrogens (tertiary/aromatic N) is 3. The summed E-state index contributed by atoms with van der Waals surface area (Å²) in [6.07, 6.45) is 4.62. The van der Waals surface area contributed by atoms with Gasteiger partial charge in [-0.25, -0.2) is 13.5 Å². The Labute approximate surface area is 171 Å². The maximum Gasteiger partial charge on any atom is 0.198 e. The monoisotopic (exact) mass is 412 g/mol. The van der Waals surface area contributed by atoms with E-state index < -0.39 is 11.6 Å². The van der Waals surface area contributed by atoms with Gasteiger partial charge in [-0.05, 0) is 41.5 Å². The van der Waals surface area contributed by atoms with Gasteiger partial charge in [0.1, 0.15) is 17.3 Å². The lowest BCUT2D eigenvalue weighted by Crippen LogP contribution is -2.08. The molecule has 0 radical (unpaired) electrons. The van der Waals surface area contributed by atoms with Crippen molar-refractivity contribution in [3.8, 4) is 16.8 Å². The Morgan fingerprint density at radius 2 is 1.72 bits per heavy atom. The van der Waals surface area contributed by atoms with Crippen LogP contribution in [0.4, 0.5) is 14.6 Å². The van der Waals surface area contributed by atoms with E-state index in [1.165, 1.54) is 12.3 Å². The second kappa shape index (κ2) is 8.20. The fourth-order valence-corrected chi connectivity index (χ4v) is 2.92. The number of hydrogen-bond donors (Lipinski definition) is 1. The number of aromatic nitrogens is 3. The van der Waals surface area contributed by atoms with E-state index in [2.05, 4.69) is 10.1 Å². The summed E-state index contributed by atoms with van der Waals surface area (Å²) in [6.45, 7) is 0. The molecule has 2 aromatic heterocycles. The first-order chi connectivity index (χ1) is 13.5. The number of ketones is 1.